The Labute approximate surface area is 110 Å². The highest BCUT2D eigenvalue weighted by molar-refractivity contribution is 5.89. The zero-order valence-electron chi connectivity index (χ0n) is 10.4. The number of esters is 1. The first kappa shape index (κ1) is 14.0. The Morgan fingerprint density at radius 1 is 1.32 bits per heavy atom. The first-order valence-corrected chi connectivity index (χ1v) is 5.90. The van der Waals surface area contributed by atoms with Gasteiger partial charge in [0, 0.05) is 7.11 Å². The number of aliphatic hydroxyl groups is 2. The molecule has 0 amide bonds. The van der Waals surface area contributed by atoms with E-state index in [0.717, 1.165) is 0 Å². The van der Waals surface area contributed by atoms with Gasteiger partial charge >= 0.3 is 5.97 Å². The minimum Gasteiger partial charge on any atom is -0.459 e. The Bertz CT molecular complexity index is 420. The van der Waals surface area contributed by atoms with Crippen molar-refractivity contribution in [3.8, 4) is 0 Å². The standard InChI is InChI=1S/C13H16O6/c1-17-11-10(14)9(19-13(11)16)7-18-12(15)8-5-3-2-4-6-8/h2-6,9-11,13-14,16H,7H2,1H3/t9-,10+,11?,13+/m1/s1. The van der Waals surface area contributed by atoms with Gasteiger partial charge in [0.15, 0.2) is 6.29 Å². The molecule has 0 bridgehead atoms. The van der Waals surface area contributed by atoms with Crippen molar-refractivity contribution in [2.45, 2.75) is 24.6 Å². The highest BCUT2D eigenvalue weighted by atomic mass is 16.7. The van der Waals surface area contributed by atoms with Crippen LogP contribution in [0.4, 0.5) is 0 Å². The lowest BCUT2D eigenvalue weighted by Crippen LogP contribution is -2.36. The van der Waals surface area contributed by atoms with Crippen LogP contribution in [-0.2, 0) is 14.2 Å². The number of rotatable bonds is 4. The fraction of sp³-hybridized carbons (Fsp3) is 0.462. The second kappa shape index (κ2) is 6.12. The Morgan fingerprint density at radius 2 is 2.00 bits per heavy atom. The normalized spacial score (nSPS) is 30.3. The molecule has 0 saturated carbocycles. The summed E-state index contributed by atoms with van der Waals surface area (Å²) in [6, 6.07) is 8.49. The monoisotopic (exact) mass is 268 g/mol. The van der Waals surface area contributed by atoms with Crippen molar-refractivity contribution in [2.24, 2.45) is 0 Å². The molecule has 1 aromatic carbocycles. The molecule has 0 aromatic heterocycles. The molecule has 6 nitrogen and oxygen atoms in total. The van der Waals surface area contributed by atoms with Crippen molar-refractivity contribution >= 4 is 5.97 Å². The Balaban J connectivity index is 1.88. The summed E-state index contributed by atoms with van der Waals surface area (Å²) in [7, 11) is 1.36. The van der Waals surface area contributed by atoms with Crippen LogP contribution in [0.3, 0.4) is 0 Å². The maximum atomic E-state index is 11.7. The highest BCUT2D eigenvalue weighted by Gasteiger charge is 2.43. The number of benzene rings is 1. The summed E-state index contributed by atoms with van der Waals surface area (Å²) in [6.07, 6.45) is -3.89. The van der Waals surface area contributed by atoms with Gasteiger partial charge < -0.3 is 24.4 Å². The van der Waals surface area contributed by atoms with Gasteiger partial charge in [-0.1, -0.05) is 18.2 Å². The van der Waals surface area contributed by atoms with E-state index in [0.29, 0.717) is 5.56 Å². The number of carbonyl (C=O) groups is 1. The molecule has 2 rings (SSSR count). The lowest BCUT2D eigenvalue weighted by atomic mass is 10.1. The van der Waals surface area contributed by atoms with E-state index >= 15 is 0 Å². The average Bonchev–Trinajstić information content (AvgIpc) is 2.71. The maximum absolute atomic E-state index is 11.7. The summed E-state index contributed by atoms with van der Waals surface area (Å²) in [5, 5.41) is 19.3. The van der Waals surface area contributed by atoms with E-state index in [1.807, 2.05) is 0 Å². The van der Waals surface area contributed by atoms with Crippen LogP contribution in [0.25, 0.3) is 0 Å². The van der Waals surface area contributed by atoms with Crippen LogP contribution >= 0.6 is 0 Å². The van der Waals surface area contributed by atoms with Crippen molar-refractivity contribution in [2.75, 3.05) is 13.7 Å². The molecule has 1 aliphatic rings. The fourth-order valence-corrected chi connectivity index (χ4v) is 1.93. The van der Waals surface area contributed by atoms with Crippen LogP contribution in [0.15, 0.2) is 30.3 Å². The molecule has 2 N–H and O–H groups in total. The third-order valence-corrected chi connectivity index (χ3v) is 2.97. The van der Waals surface area contributed by atoms with Crippen LogP contribution in [-0.4, -0.2) is 54.5 Å². The molecule has 104 valence electrons. The number of hydrogen-bond acceptors (Lipinski definition) is 6. The van der Waals surface area contributed by atoms with Crippen LogP contribution in [0.2, 0.25) is 0 Å². The molecule has 19 heavy (non-hydrogen) atoms. The largest absolute Gasteiger partial charge is 0.459 e. The molecule has 0 radical (unpaired) electrons. The van der Waals surface area contributed by atoms with Crippen molar-refractivity contribution < 1.29 is 29.2 Å². The van der Waals surface area contributed by atoms with Gasteiger partial charge in [0.2, 0.25) is 0 Å². The predicted molar refractivity (Wildman–Crippen MR) is 64.4 cm³/mol. The summed E-state index contributed by atoms with van der Waals surface area (Å²) in [6.45, 7) is -0.147. The third kappa shape index (κ3) is 3.10. The molecule has 1 heterocycles. The summed E-state index contributed by atoms with van der Waals surface area (Å²) >= 11 is 0. The number of aliphatic hydroxyl groups excluding tert-OH is 2. The van der Waals surface area contributed by atoms with Crippen molar-refractivity contribution in [1.82, 2.24) is 0 Å². The Kier molecular flexibility index (Phi) is 4.49. The summed E-state index contributed by atoms with van der Waals surface area (Å²) in [5.74, 6) is -0.508. The van der Waals surface area contributed by atoms with E-state index in [-0.39, 0.29) is 6.61 Å². The summed E-state index contributed by atoms with van der Waals surface area (Å²) in [5.41, 5.74) is 0.416. The van der Waals surface area contributed by atoms with Gasteiger partial charge in [-0.05, 0) is 12.1 Å². The molecule has 0 spiro atoms. The lowest BCUT2D eigenvalue weighted by Gasteiger charge is -2.16. The van der Waals surface area contributed by atoms with E-state index in [4.69, 9.17) is 14.2 Å². The maximum Gasteiger partial charge on any atom is 0.338 e. The van der Waals surface area contributed by atoms with Crippen LogP contribution in [0, 0.1) is 0 Å². The zero-order valence-corrected chi connectivity index (χ0v) is 10.4. The van der Waals surface area contributed by atoms with E-state index in [1.165, 1.54) is 7.11 Å². The van der Waals surface area contributed by atoms with Gasteiger partial charge in [-0.25, -0.2) is 4.79 Å². The van der Waals surface area contributed by atoms with E-state index < -0.39 is 30.6 Å². The highest BCUT2D eigenvalue weighted by Crippen LogP contribution is 2.22. The smallest absolute Gasteiger partial charge is 0.338 e. The van der Waals surface area contributed by atoms with Gasteiger partial charge in [0.1, 0.15) is 24.9 Å². The van der Waals surface area contributed by atoms with Gasteiger partial charge in [-0.3, -0.25) is 0 Å². The van der Waals surface area contributed by atoms with Gasteiger partial charge in [-0.15, -0.1) is 0 Å². The minimum atomic E-state index is -1.22. The minimum absolute atomic E-state index is 0.147. The molecule has 1 unspecified atom stereocenters. The van der Waals surface area contributed by atoms with Crippen LogP contribution < -0.4 is 0 Å². The summed E-state index contributed by atoms with van der Waals surface area (Å²) < 4.78 is 15.0. The number of ether oxygens (including phenoxy) is 3. The third-order valence-electron chi connectivity index (χ3n) is 2.97. The average molecular weight is 268 g/mol. The predicted octanol–water partition coefficient (Wildman–Crippen LogP) is -0.0635. The van der Waals surface area contributed by atoms with Crippen molar-refractivity contribution in [1.29, 1.82) is 0 Å². The lowest BCUT2D eigenvalue weighted by molar-refractivity contribution is -0.140. The SMILES string of the molecule is COC1[C@@H](O)[C@@H](COC(=O)c2ccccc2)O[C@@H]1O. The molecule has 4 atom stereocenters. The summed E-state index contributed by atoms with van der Waals surface area (Å²) in [4.78, 5) is 11.7. The fourth-order valence-electron chi connectivity index (χ4n) is 1.93. The number of carbonyl (C=O) groups excluding carboxylic acids is 1. The first-order valence-electron chi connectivity index (χ1n) is 5.90. The number of hydrogen-bond donors (Lipinski definition) is 2. The van der Waals surface area contributed by atoms with Crippen LogP contribution in [0.1, 0.15) is 10.4 Å². The van der Waals surface area contributed by atoms with Gasteiger partial charge in [0.05, 0.1) is 5.56 Å². The van der Waals surface area contributed by atoms with Crippen molar-refractivity contribution in [3.63, 3.8) is 0 Å². The van der Waals surface area contributed by atoms with E-state index in [9.17, 15) is 15.0 Å². The first-order chi connectivity index (χ1) is 9.13. The second-order valence-corrected chi connectivity index (χ2v) is 4.22. The molecular formula is C13H16O6. The zero-order chi connectivity index (χ0) is 13.8. The molecule has 1 aromatic rings. The van der Waals surface area contributed by atoms with Crippen molar-refractivity contribution in [3.05, 3.63) is 35.9 Å². The van der Waals surface area contributed by atoms with E-state index in [1.54, 1.807) is 30.3 Å². The quantitative estimate of drug-likeness (QED) is 0.744. The van der Waals surface area contributed by atoms with E-state index in [2.05, 4.69) is 0 Å². The molecule has 1 fully saturated rings. The molecule has 0 aliphatic carbocycles. The van der Waals surface area contributed by atoms with Gasteiger partial charge in [0.25, 0.3) is 0 Å². The molecule has 1 saturated heterocycles. The Hall–Kier alpha value is -1.47. The molecule has 1 aliphatic heterocycles. The van der Waals surface area contributed by atoms with Crippen LogP contribution in [0.5, 0.6) is 0 Å². The molecular weight excluding hydrogens is 252 g/mol. The Morgan fingerprint density at radius 3 is 2.58 bits per heavy atom. The topological polar surface area (TPSA) is 85.2 Å². The second-order valence-electron chi connectivity index (χ2n) is 4.22. The number of methoxy groups -OCH3 is 1. The van der Waals surface area contributed by atoms with Gasteiger partial charge in [-0.2, -0.15) is 0 Å². The molecule has 6 heteroatoms.